The molecule has 25 heavy (non-hydrogen) atoms. The van der Waals surface area contributed by atoms with Gasteiger partial charge in [0.2, 0.25) is 5.13 Å². The fraction of sp³-hybridized carbons (Fsp3) is 0. The molecule has 4 rings (SSSR count). The molecule has 2 aromatic carbocycles. The number of carbonyl (C=O) groups excluding carboxylic acids is 1. The van der Waals surface area contributed by atoms with Gasteiger partial charge in [-0.15, -0.1) is 0 Å². The highest BCUT2D eigenvalue weighted by atomic mass is 35.5. The van der Waals surface area contributed by atoms with Crippen molar-refractivity contribution in [1.29, 1.82) is 0 Å². The third-order valence-corrected chi connectivity index (χ3v) is 4.83. The van der Waals surface area contributed by atoms with Gasteiger partial charge in [-0.3, -0.25) is 4.79 Å². The molecule has 0 saturated heterocycles. The number of thiazole rings is 1. The van der Waals surface area contributed by atoms with Crippen LogP contribution in [0.3, 0.4) is 0 Å². The van der Waals surface area contributed by atoms with E-state index in [0.717, 1.165) is 22.3 Å². The molecule has 4 nitrogen and oxygen atoms in total. The standard InChI is InChI=1S/C17H8ClF2N3OS/c18-10-1-4-14-15(5-10)25-17(21-14)23-7-9(8-24)16(22-23)12-3-2-11(19)6-13(12)20/h1-8H. The molecule has 0 amide bonds. The topological polar surface area (TPSA) is 47.8 Å². The maximum absolute atomic E-state index is 14.0. The first-order valence-corrected chi connectivity index (χ1v) is 8.31. The molecule has 0 saturated carbocycles. The van der Waals surface area contributed by atoms with Crippen LogP contribution in [0.15, 0.2) is 42.6 Å². The number of rotatable bonds is 3. The number of nitrogens with zero attached hydrogens (tertiary/aromatic N) is 3. The van der Waals surface area contributed by atoms with Crippen molar-refractivity contribution in [1.82, 2.24) is 14.8 Å². The van der Waals surface area contributed by atoms with E-state index in [1.54, 1.807) is 18.2 Å². The summed E-state index contributed by atoms with van der Waals surface area (Å²) >= 11 is 7.31. The summed E-state index contributed by atoms with van der Waals surface area (Å²) in [6.07, 6.45) is 2.04. The molecule has 0 N–H and O–H groups in total. The minimum atomic E-state index is -0.788. The van der Waals surface area contributed by atoms with Gasteiger partial charge in [0.25, 0.3) is 0 Å². The Morgan fingerprint density at radius 2 is 2.00 bits per heavy atom. The Morgan fingerprint density at radius 1 is 1.16 bits per heavy atom. The average Bonchev–Trinajstić information content (AvgIpc) is 3.18. The van der Waals surface area contributed by atoms with Crippen molar-refractivity contribution < 1.29 is 13.6 Å². The number of hydrogen-bond donors (Lipinski definition) is 0. The Morgan fingerprint density at radius 3 is 2.76 bits per heavy atom. The summed E-state index contributed by atoms with van der Waals surface area (Å²) in [7, 11) is 0. The van der Waals surface area contributed by atoms with Gasteiger partial charge in [-0.25, -0.2) is 18.4 Å². The van der Waals surface area contributed by atoms with Crippen LogP contribution in [-0.4, -0.2) is 21.1 Å². The second kappa shape index (κ2) is 6.02. The predicted molar refractivity (Wildman–Crippen MR) is 92.5 cm³/mol. The van der Waals surface area contributed by atoms with Crippen molar-refractivity contribution in [3.05, 3.63) is 64.8 Å². The summed E-state index contributed by atoms with van der Waals surface area (Å²) in [5, 5.41) is 5.36. The summed E-state index contributed by atoms with van der Waals surface area (Å²) in [5.41, 5.74) is 1.10. The molecule has 0 atom stereocenters. The van der Waals surface area contributed by atoms with Gasteiger partial charge in [-0.1, -0.05) is 22.9 Å². The monoisotopic (exact) mass is 375 g/mol. The quantitative estimate of drug-likeness (QED) is 0.479. The molecular weight excluding hydrogens is 368 g/mol. The summed E-state index contributed by atoms with van der Waals surface area (Å²) in [6, 6.07) is 8.41. The lowest BCUT2D eigenvalue weighted by Gasteiger charge is -2.00. The van der Waals surface area contributed by atoms with Crippen molar-refractivity contribution in [2.75, 3.05) is 0 Å². The molecule has 0 fully saturated rings. The molecule has 2 heterocycles. The molecule has 124 valence electrons. The first-order chi connectivity index (χ1) is 12.0. The highest BCUT2D eigenvalue weighted by Gasteiger charge is 2.17. The fourth-order valence-electron chi connectivity index (χ4n) is 2.45. The van der Waals surface area contributed by atoms with Crippen LogP contribution in [0.2, 0.25) is 5.02 Å². The van der Waals surface area contributed by atoms with Gasteiger partial charge in [0.1, 0.15) is 17.3 Å². The number of hydrogen-bond acceptors (Lipinski definition) is 4. The van der Waals surface area contributed by atoms with Crippen LogP contribution in [0.4, 0.5) is 8.78 Å². The predicted octanol–water partition coefficient (Wildman–Crippen LogP) is 4.89. The lowest BCUT2D eigenvalue weighted by atomic mass is 10.1. The molecule has 4 aromatic rings. The van der Waals surface area contributed by atoms with Crippen molar-refractivity contribution in [2.24, 2.45) is 0 Å². The summed E-state index contributed by atoms with van der Waals surface area (Å²) in [5.74, 6) is -1.49. The average molecular weight is 376 g/mol. The van der Waals surface area contributed by atoms with Crippen LogP contribution in [-0.2, 0) is 0 Å². The van der Waals surface area contributed by atoms with Crippen LogP contribution in [0.25, 0.3) is 26.6 Å². The first kappa shape index (κ1) is 15.9. The Bertz CT molecular complexity index is 1120. The second-order valence-electron chi connectivity index (χ2n) is 5.23. The van der Waals surface area contributed by atoms with Crippen LogP contribution in [0, 0.1) is 11.6 Å². The largest absolute Gasteiger partial charge is 0.298 e. The summed E-state index contributed by atoms with van der Waals surface area (Å²) < 4.78 is 29.4. The van der Waals surface area contributed by atoms with Gasteiger partial charge < -0.3 is 0 Å². The van der Waals surface area contributed by atoms with Crippen LogP contribution < -0.4 is 0 Å². The molecule has 8 heteroatoms. The van der Waals surface area contributed by atoms with E-state index in [1.807, 2.05) is 0 Å². The molecule has 2 aromatic heterocycles. The van der Waals surface area contributed by atoms with Gasteiger partial charge in [0.05, 0.1) is 15.8 Å². The van der Waals surface area contributed by atoms with Gasteiger partial charge >= 0.3 is 0 Å². The lowest BCUT2D eigenvalue weighted by Crippen LogP contribution is -1.94. The number of aldehydes is 1. The van der Waals surface area contributed by atoms with E-state index in [9.17, 15) is 13.6 Å². The van der Waals surface area contributed by atoms with Gasteiger partial charge in [-0.2, -0.15) is 5.10 Å². The number of halogens is 3. The van der Waals surface area contributed by atoms with Crippen molar-refractivity contribution in [2.45, 2.75) is 0 Å². The number of carbonyl (C=O) groups is 1. The summed E-state index contributed by atoms with van der Waals surface area (Å²) in [4.78, 5) is 15.8. The number of fused-ring (bicyclic) bond motifs is 1. The third-order valence-electron chi connectivity index (χ3n) is 3.59. The van der Waals surface area contributed by atoms with E-state index >= 15 is 0 Å². The Labute approximate surface area is 149 Å². The molecule has 0 radical (unpaired) electrons. The molecule has 0 spiro atoms. The zero-order valence-corrected chi connectivity index (χ0v) is 14.0. The van der Waals surface area contributed by atoms with Crippen LogP contribution >= 0.6 is 22.9 Å². The normalized spacial score (nSPS) is 11.2. The Kier molecular flexibility index (Phi) is 3.82. The van der Waals surface area contributed by atoms with Crippen molar-refractivity contribution in [3.63, 3.8) is 0 Å². The highest BCUT2D eigenvalue weighted by molar-refractivity contribution is 7.20. The lowest BCUT2D eigenvalue weighted by molar-refractivity contribution is 0.112. The van der Waals surface area contributed by atoms with E-state index in [1.165, 1.54) is 28.3 Å². The minimum absolute atomic E-state index is 0.0476. The molecule has 0 bridgehead atoms. The number of benzene rings is 2. The zero-order valence-electron chi connectivity index (χ0n) is 12.4. The number of aromatic nitrogens is 3. The van der Waals surface area contributed by atoms with E-state index in [2.05, 4.69) is 10.1 Å². The SMILES string of the molecule is O=Cc1cn(-c2nc3ccc(Cl)cc3s2)nc1-c1ccc(F)cc1F. The molecule has 0 aliphatic heterocycles. The van der Waals surface area contributed by atoms with Crippen LogP contribution in [0.1, 0.15) is 10.4 Å². The maximum Gasteiger partial charge on any atom is 0.211 e. The van der Waals surface area contributed by atoms with E-state index in [-0.39, 0.29) is 16.8 Å². The van der Waals surface area contributed by atoms with Crippen molar-refractivity contribution in [3.8, 4) is 16.4 Å². The third kappa shape index (κ3) is 2.81. The first-order valence-electron chi connectivity index (χ1n) is 7.12. The highest BCUT2D eigenvalue weighted by Crippen LogP contribution is 2.30. The Balaban J connectivity index is 1.86. The summed E-state index contributed by atoms with van der Waals surface area (Å²) in [6.45, 7) is 0. The van der Waals surface area contributed by atoms with Gasteiger partial charge in [0, 0.05) is 22.8 Å². The smallest absolute Gasteiger partial charge is 0.211 e. The van der Waals surface area contributed by atoms with Gasteiger partial charge in [-0.05, 0) is 30.3 Å². The molecule has 0 unspecified atom stereocenters. The van der Waals surface area contributed by atoms with E-state index < -0.39 is 11.6 Å². The minimum Gasteiger partial charge on any atom is -0.298 e. The van der Waals surface area contributed by atoms with Crippen molar-refractivity contribution >= 4 is 39.4 Å². The maximum atomic E-state index is 14.0. The molecular formula is C17H8ClF2N3OS. The Hall–Kier alpha value is -2.64. The van der Waals surface area contributed by atoms with Gasteiger partial charge in [0.15, 0.2) is 6.29 Å². The molecule has 0 aliphatic carbocycles. The molecule has 0 aliphatic rings. The van der Waals surface area contributed by atoms with E-state index in [4.69, 9.17) is 11.6 Å². The fourth-order valence-corrected chi connectivity index (χ4v) is 3.62. The van der Waals surface area contributed by atoms with E-state index in [0.29, 0.717) is 16.4 Å². The second-order valence-corrected chi connectivity index (χ2v) is 6.67. The van der Waals surface area contributed by atoms with Crippen LogP contribution in [0.5, 0.6) is 0 Å². The zero-order chi connectivity index (χ0) is 17.6.